The van der Waals surface area contributed by atoms with E-state index in [-0.39, 0.29) is 34.5 Å². The molecule has 0 spiro atoms. The van der Waals surface area contributed by atoms with Crippen LogP contribution in [0, 0.1) is 0 Å². The van der Waals surface area contributed by atoms with Crippen molar-refractivity contribution < 1.29 is 28.5 Å². The number of rotatable bonds is 7. The summed E-state index contributed by atoms with van der Waals surface area (Å²) in [4.78, 5) is 11.5. The van der Waals surface area contributed by atoms with Gasteiger partial charge in [-0.3, -0.25) is 0 Å². The second-order valence-electron chi connectivity index (χ2n) is 5.93. The molecule has 1 atom stereocenters. The number of primary sulfonamides is 1. The number of phenolic OH excluding ortho intramolecular Hbond substituents is 2. The summed E-state index contributed by atoms with van der Waals surface area (Å²) < 4.78 is 22.5. The summed E-state index contributed by atoms with van der Waals surface area (Å²) in [6, 6.07) is 8.82. The topological polar surface area (TPSA) is 162 Å². The first-order chi connectivity index (χ1) is 13.1. The average molecular weight is 425 g/mol. The molecule has 0 aliphatic rings. The van der Waals surface area contributed by atoms with Gasteiger partial charge in [0.1, 0.15) is 6.04 Å². The summed E-state index contributed by atoms with van der Waals surface area (Å²) >= 11 is 5.11. The van der Waals surface area contributed by atoms with Crippen LogP contribution in [0.15, 0.2) is 47.4 Å². The Labute approximate surface area is 166 Å². The van der Waals surface area contributed by atoms with E-state index < -0.39 is 22.0 Å². The fourth-order valence-electron chi connectivity index (χ4n) is 2.32. The third-order valence-electron chi connectivity index (χ3n) is 3.79. The minimum Gasteiger partial charge on any atom is -0.504 e. The highest BCUT2D eigenvalue weighted by molar-refractivity contribution is 7.89. The number of nitrogens with two attached hydrogens (primary N) is 1. The summed E-state index contributed by atoms with van der Waals surface area (Å²) in [5.41, 5.74) is 1.21. The van der Waals surface area contributed by atoms with Crippen LogP contribution in [0.3, 0.4) is 0 Å². The second-order valence-corrected chi connectivity index (χ2v) is 7.90. The lowest BCUT2D eigenvalue weighted by molar-refractivity contribution is -0.139. The zero-order valence-electron chi connectivity index (χ0n) is 14.5. The molecule has 0 aromatic heterocycles. The number of benzene rings is 2. The number of hydrogen-bond donors (Lipinski definition) is 6. The summed E-state index contributed by atoms with van der Waals surface area (Å²) in [7, 11) is -3.77. The molecular formula is C17H19N3O6S2. The van der Waals surface area contributed by atoms with Crippen molar-refractivity contribution in [3.8, 4) is 11.5 Å². The maximum Gasteiger partial charge on any atom is 0.326 e. The third kappa shape index (κ3) is 6.08. The van der Waals surface area contributed by atoms with E-state index in [1.807, 2.05) is 0 Å². The number of carbonyl (C=O) groups is 1. The molecule has 11 heteroatoms. The fraction of sp³-hybridized carbons (Fsp3) is 0.176. The van der Waals surface area contributed by atoms with Crippen LogP contribution in [-0.4, -0.2) is 40.9 Å². The molecule has 28 heavy (non-hydrogen) atoms. The van der Waals surface area contributed by atoms with E-state index in [0.29, 0.717) is 11.1 Å². The number of carboxylic acid groups (broad SMARTS) is 1. The monoisotopic (exact) mass is 425 g/mol. The van der Waals surface area contributed by atoms with Crippen molar-refractivity contribution in [3.63, 3.8) is 0 Å². The van der Waals surface area contributed by atoms with Crippen LogP contribution in [0.2, 0.25) is 0 Å². The molecular weight excluding hydrogens is 406 g/mol. The van der Waals surface area contributed by atoms with Gasteiger partial charge in [-0.15, -0.1) is 0 Å². The Morgan fingerprint density at radius 3 is 2.21 bits per heavy atom. The smallest absolute Gasteiger partial charge is 0.326 e. The first-order valence-electron chi connectivity index (χ1n) is 7.96. The van der Waals surface area contributed by atoms with Crippen molar-refractivity contribution >= 4 is 33.3 Å². The average Bonchev–Trinajstić information content (AvgIpc) is 2.62. The molecule has 9 nitrogen and oxygen atoms in total. The lowest BCUT2D eigenvalue weighted by Gasteiger charge is -2.18. The van der Waals surface area contributed by atoms with Gasteiger partial charge in [-0.2, -0.15) is 0 Å². The number of hydrogen-bond acceptors (Lipinski definition) is 6. The standard InChI is InChI=1S/C17H19N3O6S2/c18-28(25,26)12-4-1-10(2-5-12)9-19-17(27)20-13(16(23)24)7-11-3-6-14(21)15(22)8-11/h1-6,8,13,21-22H,7,9H2,(H,23,24)(H2,18,25,26)(H2,19,20,27). The van der Waals surface area contributed by atoms with Gasteiger partial charge in [-0.05, 0) is 47.6 Å². The van der Waals surface area contributed by atoms with Gasteiger partial charge >= 0.3 is 5.97 Å². The Hall–Kier alpha value is -2.89. The molecule has 0 fully saturated rings. The molecule has 0 amide bonds. The first kappa shape index (κ1) is 21.4. The number of sulfonamides is 1. The van der Waals surface area contributed by atoms with Crippen molar-refractivity contribution in [1.82, 2.24) is 10.6 Å². The van der Waals surface area contributed by atoms with Crippen molar-refractivity contribution in [3.05, 3.63) is 53.6 Å². The molecule has 0 radical (unpaired) electrons. The van der Waals surface area contributed by atoms with Crippen molar-refractivity contribution in [1.29, 1.82) is 0 Å². The van der Waals surface area contributed by atoms with E-state index in [1.165, 1.54) is 30.3 Å². The largest absolute Gasteiger partial charge is 0.504 e. The van der Waals surface area contributed by atoms with Crippen LogP contribution in [0.1, 0.15) is 11.1 Å². The molecule has 0 saturated heterocycles. The number of aromatic hydroxyl groups is 2. The Morgan fingerprint density at radius 2 is 1.68 bits per heavy atom. The highest BCUT2D eigenvalue weighted by Gasteiger charge is 2.19. The summed E-state index contributed by atoms with van der Waals surface area (Å²) in [5.74, 6) is -1.78. The number of thiocarbonyl (C=S) groups is 1. The number of nitrogens with one attached hydrogen (secondary N) is 2. The third-order valence-corrected chi connectivity index (χ3v) is 4.98. The minimum absolute atomic E-state index is 0.0138. The molecule has 1 unspecified atom stereocenters. The summed E-state index contributed by atoms with van der Waals surface area (Å²) in [6.45, 7) is 0.239. The van der Waals surface area contributed by atoms with Gasteiger partial charge in [0, 0.05) is 13.0 Å². The van der Waals surface area contributed by atoms with E-state index in [9.17, 15) is 28.5 Å². The molecule has 2 aromatic rings. The molecule has 2 aromatic carbocycles. The fourth-order valence-corrected chi connectivity index (χ4v) is 3.05. The van der Waals surface area contributed by atoms with Gasteiger partial charge in [0.05, 0.1) is 4.90 Å². The lowest BCUT2D eigenvalue weighted by Crippen LogP contribution is -2.46. The second kappa shape index (κ2) is 8.87. The highest BCUT2D eigenvalue weighted by atomic mass is 32.2. The van der Waals surface area contributed by atoms with Crippen molar-refractivity contribution in [2.75, 3.05) is 0 Å². The molecule has 2 rings (SSSR count). The lowest BCUT2D eigenvalue weighted by atomic mass is 10.1. The molecule has 0 aliphatic carbocycles. The molecule has 0 aliphatic heterocycles. The maximum atomic E-state index is 11.5. The van der Waals surface area contributed by atoms with E-state index in [0.717, 1.165) is 0 Å². The summed E-state index contributed by atoms with van der Waals surface area (Å²) in [5, 5.41) is 38.8. The van der Waals surface area contributed by atoms with Gasteiger partial charge in [0.15, 0.2) is 16.6 Å². The number of carboxylic acids is 1. The molecule has 7 N–H and O–H groups in total. The number of phenols is 2. The Morgan fingerprint density at radius 1 is 1.07 bits per heavy atom. The highest BCUT2D eigenvalue weighted by Crippen LogP contribution is 2.25. The van der Waals surface area contributed by atoms with Gasteiger partial charge in [0.2, 0.25) is 10.0 Å². The van der Waals surface area contributed by atoms with Crippen molar-refractivity contribution in [2.24, 2.45) is 5.14 Å². The van der Waals surface area contributed by atoms with Crippen LogP contribution in [-0.2, 0) is 27.8 Å². The molecule has 0 bridgehead atoms. The summed E-state index contributed by atoms with van der Waals surface area (Å²) in [6.07, 6.45) is 0.0219. The number of aliphatic carboxylic acids is 1. The van der Waals surface area contributed by atoms with E-state index in [2.05, 4.69) is 10.6 Å². The Kier molecular flexibility index (Phi) is 6.78. The van der Waals surface area contributed by atoms with Gasteiger partial charge < -0.3 is 26.0 Å². The zero-order chi connectivity index (χ0) is 20.9. The predicted molar refractivity (Wildman–Crippen MR) is 105 cm³/mol. The zero-order valence-corrected chi connectivity index (χ0v) is 16.1. The normalized spacial score (nSPS) is 12.2. The van der Waals surface area contributed by atoms with Crippen LogP contribution < -0.4 is 15.8 Å². The molecule has 150 valence electrons. The van der Waals surface area contributed by atoms with E-state index >= 15 is 0 Å². The quantitative estimate of drug-likeness (QED) is 0.272. The van der Waals surface area contributed by atoms with E-state index in [4.69, 9.17) is 17.4 Å². The van der Waals surface area contributed by atoms with Crippen LogP contribution in [0.4, 0.5) is 0 Å². The minimum atomic E-state index is -3.77. The van der Waals surface area contributed by atoms with Gasteiger partial charge in [-0.25, -0.2) is 18.4 Å². The SMILES string of the molecule is NS(=O)(=O)c1ccc(CNC(=S)NC(Cc2ccc(O)c(O)c2)C(=O)O)cc1. The maximum absolute atomic E-state index is 11.5. The first-order valence-corrected chi connectivity index (χ1v) is 9.91. The van der Waals surface area contributed by atoms with Gasteiger partial charge in [0.25, 0.3) is 0 Å². The van der Waals surface area contributed by atoms with Gasteiger partial charge in [-0.1, -0.05) is 18.2 Å². The van der Waals surface area contributed by atoms with Crippen LogP contribution in [0.5, 0.6) is 11.5 Å². The van der Waals surface area contributed by atoms with Crippen LogP contribution in [0.25, 0.3) is 0 Å². The van der Waals surface area contributed by atoms with Crippen molar-refractivity contribution in [2.45, 2.75) is 23.9 Å². The Balaban J connectivity index is 1.95. The molecule has 0 heterocycles. The van der Waals surface area contributed by atoms with E-state index in [1.54, 1.807) is 12.1 Å². The van der Waals surface area contributed by atoms with Crippen LogP contribution >= 0.6 is 12.2 Å². The predicted octanol–water partition coefficient (Wildman–Crippen LogP) is 0.405. The molecule has 0 saturated carbocycles. The Bertz CT molecular complexity index is 977.